The first kappa shape index (κ1) is 24.6. The summed E-state index contributed by atoms with van der Waals surface area (Å²) < 4.78 is 16.4. The Morgan fingerprint density at radius 2 is 1.91 bits per heavy atom. The fraction of sp³-hybridized carbons (Fsp3) is 0.250. The van der Waals surface area contributed by atoms with E-state index < -0.39 is 0 Å². The molecule has 1 aromatic heterocycles. The van der Waals surface area contributed by atoms with Crippen molar-refractivity contribution < 1.29 is 28.9 Å². The van der Waals surface area contributed by atoms with E-state index in [0.717, 1.165) is 5.75 Å². The van der Waals surface area contributed by atoms with Crippen molar-refractivity contribution >= 4 is 38.5 Å². The Labute approximate surface area is 198 Å². The molecule has 3 rings (SSSR count). The molecular formula is C24H24O7S2. The normalized spacial score (nSPS) is 10.8. The van der Waals surface area contributed by atoms with Crippen molar-refractivity contribution in [2.45, 2.75) is 12.8 Å². The van der Waals surface area contributed by atoms with Crippen LogP contribution in [0, 0.1) is 0 Å². The highest BCUT2D eigenvalue weighted by molar-refractivity contribution is 8.76. The van der Waals surface area contributed by atoms with Crippen molar-refractivity contribution in [1.82, 2.24) is 0 Å². The summed E-state index contributed by atoms with van der Waals surface area (Å²) in [5.74, 6) is 1.43. The van der Waals surface area contributed by atoms with Gasteiger partial charge in [-0.3, -0.25) is 9.59 Å². The first-order valence-corrected chi connectivity index (χ1v) is 12.7. The van der Waals surface area contributed by atoms with Crippen LogP contribution in [0.2, 0.25) is 0 Å². The van der Waals surface area contributed by atoms with Crippen LogP contribution in [0.1, 0.15) is 12.8 Å². The number of carbonyl (C=O) groups excluding carboxylic acids is 1. The van der Waals surface area contributed by atoms with Gasteiger partial charge in [0, 0.05) is 30.1 Å². The van der Waals surface area contributed by atoms with Gasteiger partial charge in [-0.2, -0.15) is 0 Å². The third-order valence-corrected chi connectivity index (χ3v) is 6.81. The van der Waals surface area contributed by atoms with E-state index in [1.54, 1.807) is 33.7 Å². The summed E-state index contributed by atoms with van der Waals surface area (Å²) in [7, 11) is 3.25. The molecular weight excluding hydrogens is 464 g/mol. The number of phenols is 2. The molecule has 0 aliphatic heterocycles. The minimum absolute atomic E-state index is 0.0472. The third kappa shape index (κ3) is 6.97. The van der Waals surface area contributed by atoms with E-state index in [4.69, 9.17) is 13.9 Å². The fourth-order valence-corrected chi connectivity index (χ4v) is 4.66. The van der Waals surface area contributed by atoms with Crippen molar-refractivity contribution in [1.29, 1.82) is 0 Å². The van der Waals surface area contributed by atoms with Crippen LogP contribution in [0.15, 0.2) is 64.5 Å². The number of fused-ring (bicyclic) bond motifs is 1. The van der Waals surface area contributed by atoms with Gasteiger partial charge in [-0.05, 0) is 17.7 Å². The summed E-state index contributed by atoms with van der Waals surface area (Å²) >= 11 is 0. The number of esters is 1. The van der Waals surface area contributed by atoms with Gasteiger partial charge in [0.15, 0.2) is 0 Å². The van der Waals surface area contributed by atoms with Crippen LogP contribution in [-0.4, -0.2) is 40.9 Å². The summed E-state index contributed by atoms with van der Waals surface area (Å²) in [6.45, 7) is 4.13. The Morgan fingerprint density at radius 1 is 1.12 bits per heavy atom. The van der Waals surface area contributed by atoms with E-state index in [1.165, 1.54) is 30.5 Å². The second kappa shape index (κ2) is 12.3. The predicted octanol–water partition coefficient (Wildman–Crippen LogP) is 5.14. The standard InChI is InChI=1S/C24H24O7S2/c1-2-11-32-33-12-8-22(27)30-10-3-9-29-18-13-20(26)23-21(14-18)31-15-19(24(23)28)16-4-6-17(25)7-5-16/h2,4-7,13-15,25-26H,1,3,8-12H2. The third-order valence-electron chi connectivity index (χ3n) is 4.49. The van der Waals surface area contributed by atoms with E-state index in [1.807, 2.05) is 6.08 Å². The molecule has 33 heavy (non-hydrogen) atoms. The number of carbonyl (C=O) groups is 1. The average Bonchev–Trinajstić information content (AvgIpc) is 2.79. The van der Waals surface area contributed by atoms with Crippen molar-refractivity contribution in [3.8, 4) is 28.4 Å². The zero-order valence-corrected chi connectivity index (χ0v) is 19.5. The molecule has 0 aliphatic rings. The van der Waals surface area contributed by atoms with E-state index >= 15 is 0 Å². The summed E-state index contributed by atoms with van der Waals surface area (Å²) in [5.41, 5.74) is 0.632. The average molecular weight is 489 g/mol. The van der Waals surface area contributed by atoms with Crippen molar-refractivity contribution in [2.75, 3.05) is 24.7 Å². The molecule has 7 nitrogen and oxygen atoms in total. The Bertz CT molecular complexity index is 1160. The molecule has 1 heterocycles. The molecule has 0 unspecified atom stereocenters. The number of hydrogen-bond acceptors (Lipinski definition) is 9. The maximum Gasteiger partial charge on any atom is 0.306 e. The highest BCUT2D eigenvalue weighted by Crippen LogP contribution is 2.30. The van der Waals surface area contributed by atoms with E-state index in [0.29, 0.717) is 29.9 Å². The molecule has 0 spiro atoms. The monoisotopic (exact) mass is 488 g/mol. The summed E-state index contributed by atoms with van der Waals surface area (Å²) in [4.78, 5) is 24.5. The van der Waals surface area contributed by atoms with Gasteiger partial charge in [0.2, 0.25) is 5.43 Å². The highest BCUT2D eigenvalue weighted by atomic mass is 33.1. The van der Waals surface area contributed by atoms with Gasteiger partial charge in [-0.25, -0.2) is 0 Å². The molecule has 0 amide bonds. The number of phenolic OH excluding ortho intramolecular Hbond substituents is 2. The lowest BCUT2D eigenvalue weighted by Gasteiger charge is -2.09. The van der Waals surface area contributed by atoms with Crippen LogP contribution in [0.5, 0.6) is 17.2 Å². The van der Waals surface area contributed by atoms with Gasteiger partial charge < -0.3 is 24.1 Å². The van der Waals surface area contributed by atoms with Crippen LogP contribution in [-0.2, 0) is 9.53 Å². The minimum Gasteiger partial charge on any atom is -0.508 e. The van der Waals surface area contributed by atoms with Gasteiger partial charge in [0.25, 0.3) is 0 Å². The van der Waals surface area contributed by atoms with E-state index in [-0.39, 0.29) is 52.6 Å². The van der Waals surface area contributed by atoms with Gasteiger partial charge in [0.1, 0.15) is 34.5 Å². The maximum atomic E-state index is 12.9. The fourth-order valence-electron chi connectivity index (χ4n) is 2.92. The second-order valence-electron chi connectivity index (χ2n) is 6.91. The lowest BCUT2D eigenvalue weighted by atomic mass is 10.0. The Balaban J connectivity index is 1.53. The van der Waals surface area contributed by atoms with Crippen LogP contribution in [0.25, 0.3) is 22.1 Å². The lowest BCUT2D eigenvalue weighted by Crippen LogP contribution is -2.09. The molecule has 9 heteroatoms. The van der Waals surface area contributed by atoms with Gasteiger partial charge >= 0.3 is 5.97 Å². The van der Waals surface area contributed by atoms with Crippen molar-refractivity contribution in [3.05, 3.63) is 65.5 Å². The zero-order valence-electron chi connectivity index (χ0n) is 17.8. The van der Waals surface area contributed by atoms with Crippen molar-refractivity contribution in [2.24, 2.45) is 0 Å². The first-order chi connectivity index (χ1) is 16.0. The Kier molecular flexibility index (Phi) is 9.14. The molecule has 0 radical (unpaired) electrons. The number of rotatable bonds is 12. The van der Waals surface area contributed by atoms with Crippen LogP contribution < -0.4 is 10.2 Å². The number of benzene rings is 2. The van der Waals surface area contributed by atoms with Gasteiger partial charge in [-0.1, -0.05) is 39.8 Å². The van der Waals surface area contributed by atoms with Gasteiger partial charge in [0.05, 0.1) is 25.2 Å². The summed E-state index contributed by atoms with van der Waals surface area (Å²) in [5, 5.41) is 19.9. The van der Waals surface area contributed by atoms with Crippen LogP contribution in [0.3, 0.4) is 0 Å². The maximum absolute atomic E-state index is 12.9. The SMILES string of the molecule is C=CCSSCCC(=O)OCCCOc1cc(O)c2c(=O)c(-c3ccc(O)cc3)coc2c1. The largest absolute Gasteiger partial charge is 0.508 e. The van der Waals surface area contributed by atoms with E-state index in [2.05, 4.69) is 6.58 Å². The van der Waals surface area contributed by atoms with Crippen molar-refractivity contribution in [3.63, 3.8) is 0 Å². The topological polar surface area (TPSA) is 106 Å². The predicted molar refractivity (Wildman–Crippen MR) is 132 cm³/mol. The van der Waals surface area contributed by atoms with Crippen LogP contribution in [0.4, 0.5) is 0 Å². The number of ether oxygens (including phenoxy) is 2. The molecule has 174 valence electrons. The smallest absolute Gasteiger partial charge is 0.306 e. The molecule has 0 fully saturated rings. The molecule has 0 aliphatic carbocycles. The highest BCUT2D eigenvalue weighted by Gasteiger charge is 2.14. The molecule has 0 saturated heterocycles. The Morgan fingerprint density at radius 3 is 2.67 bits per heavy atom. The molecule has 2 aromatic carbocycles. The molecule has 2 N–H and O–H groups in total. The zero-order chi connectivity index (χ0) is 23.6. The van der Waals surface area contributed by atoms with Crippen LogP contribution >= 0.6 is 21.6 Å². The number of hydrogen-bond donors (Lipinski definition) is 2. The van der Waals surface area contributed by atoms with Gasteiger partial charge in [-0.15, -0.1) is 6.58 Å². The Hall–Kier alpha value is -3.04. The molecule has 0 atom stereocenters. The molecule has 0 saturated carbocycles. The molecule has 0 bridgehead atoms. The quantitative estimate of drug-likeness (QED) is 0.155. The second-order valence-corrected chi connectivity index (χ2v) is 9.54. The summed E-state index contributed by atoms with van der Waals surface area (Å²) in [6, 6.07) is 9.00. The summed E-state index contributed by atoms with van der Waals surface area (Å²) in [6.07, 6.45) is 3.95. The molecule has 3 aromatic rings. The number of aromatic hydroxyl groups is 2. The minimum atomic E-state index is -0.390. The lowest BCUT2D eigenvalue weighted by molar-refractivity contribution is -0.143. The van der Waals surface area contributed by atoms with E-state index in [9.17, 15) is 19.8 Å². The first-order valence-electron chi connectivity index (χ1n) is 10.2.